The average molecular weight is 355 g/mol. The highest BCUT2D eigenvalue weighted by Crippen LogP contribution is 2.34. The number of rotatable bonds is 6. The number of halogens is 1. The summed E-state index contributed by atoms with van der Waals surface area (Å²) in [5.74, 6) is -0.106. The van der Waals surface area contributed by atoms with Gasteiger partial charge in [0.05, 0.1) is 0 Å². The van der Waals surface area contributed by atoms with Gasteiger partial charge in [0.25, 0.3) is 0 Å². The van der Waals surface area contributed by atoms with Crippen molar-refractivity contribution in [2.75, 3.05) is 16.8 Å². The highest BCUT2D eigenvalue weighted by Gasteiger charge is 2.22. The summed E-state index contributed by atoms with van der Waals surface area (Å²) in [7, 11) is 0. The van der Waals surface area contributed by atoms with Gasteiger partial charge in [-0.2, -0.15) is 0 Å². The van der Waals surface area contributed by atoms with Crippen LogP contribution in [0.25, 0.3) is 0 Å². The lowest BCUT2D eigenvalue weighted by atomic mass is 9.93. The fourth-order valence-electron chi connectivity index (χ4n) is 3.99. The summed E-state index contributed by atoms with van der Waals surface area (Å²) in [6.07, 6.45) is 4.15. The number of benzene rings is 2. The van der Waals surface area contributed by atoms with E-state index in [1.807, 2.05) is 12.1 Å². The summed E-state index contributed by atoms with van der Waals surface area (Å²) in [6, 6.07) is 10.5. The van der Waals surface area contributed by atoms with E-state index in [2.05, 4.69) is 50.0 Å². The van der Waals surface area contributed by atoms with Crippen molar-refractivity contribution < 1.29 is 4.39 Å². The van der Waals surface area contributed by atoms with Gasteiger partial charge in [0, 0.05) is 30.5 Å². The normalized spacial score (nSPS) is 13.8. The molecule has 0 amide bonds. The van der Waals surface area contributed by atoms with Crippen LogP contribution in [0.4, 0.5) is 15.8 Å². The number of hydrogen-bond donors (Lipinski definition) is 1. The molecule has 0 aromatic heterocycles. The molecule has 0 radical (unpaired) electrons. The van der Waals surface area contributed by atoms with Gasteiger partial charge >= 0.3 is 0 Å². The highest BCUT2D eigenvalue weighted by atomic mass is 19.1. The van der Waals surface area contributed by atoms with Crippen LogP contribution in [-0.4, -0.2) is 12.6 Å². The molecule has 140 valence electrons. The predicted molar refractivity (Wildman–Crippen MR) is 110 cm³/mol. The topological polar surface area (TPSA) is 15.3 Å². The molecule has 0 fully saturated rings. The maximum absolute atomic E-state index is 14.2. The Balaban J connectivity index is 1.79. The van der Waals surface area contributed by atoms with Crippen LogP contribution in [0.1, 0.15) is 55.9 Å². The van der Waals surface area contributed by atoms with Gasteiger partial charge in [-0.3, -0.25) is 0 Å². The molecule has 2 aromatic rings. The van der Waals surface area contributed by atoms with Crippen molar-refractivity contribution >= 4 is 11.4 Å². The first-order valence-electron chi connectivity index (χ1n) is 9.91. The predicted octanol–water partition coefficient (Wildman–Crippen LogP) is 5.86. The van der Waals surface area contributed by atoms with E-state index in [-0.39, 0.29) is 5.82 Å². The molecule has 0 spiro atoms. The van der Waals surface area contributed by atoms with Crippen LogP contribution in [-0.2, 0) is 19.4 Å². The Hall–Kier alpha value is -2.03. The van der Waals surface area contributed by atoms with Crippen LogP contribution >= 0.6 is 0 Å². The van der Waals surface area contributed by atoms with Crippen molar-refractivity contribution in [2.24, 2.45) is 0 Å². The smallest absolute Gasteiger partial charge is 0.128 e. The fourth-order valence-corrected chi connectivity index (χ4v) is 3.99. The zero-order valence-corrected chi connectivity index (χ0v) is 16.5. The largest absolute Gasteiger partial charge is 0.381 e. The fraction of sp³-hybridized carbons (Fsp3) is 0.478. The van der Waals surface area contributed by atoms with Crippen LogP contribution < -0.4 is 10.2 Å². The lowest BCUT2D eigenvalue weighted by molar-refractivity contribution is 0.608. The van der Waals surface area contributed by atoms with Crippen molar-refractivity contribution in [2.45, 2.75) is 66.0 Å². The van der Waals surface area contributed by atoms with Gasteiger partial charge in [0.15, 0.2) is 0 Å². The molecule has 0 unspecified atom stereocenters. The molecule has 1 aliphatic rings. The van der Waals surface area contributed by atoms with Crippen molar-refractivity contribution in [3.8, 4) is 0 Å². The standard InChI is InChI=1S/C23H31FN2/c1-5-7-18-11-12-21(14-22(18)24)25-15-20-10-9-19-8-6-13-26(16(2)3)23(19)17(20)4/h9-12,14,16,25H,5-8,13,15H2,1-4H3. The second kappa shape index (κ2) is 8.11. The number of fused-ring (bicyclic) bond motifs is 1. The lowest BCUT2D eigenvalue weighted by Crippen LogP contribution is -2.36. The molecule has 0 aliphatic carbocycles. The maximum Gasteiger partial charge on any atom is 0.128 e. The van der Waals surface area contributed by atoms with Crippen LogP contribution in [0, 0.1) is 12.7 Å². The van der Waals surface area contributed by atoms with Crippen molar-refractivity contribution in [1.82, 2.24) is 0 Å². The Bertz CT molecular complexity index is 767. The molecule has 2 nitrogen and oxygen atoms in total. The summed E-state index contributed by atoms with van der Waals surface area (Å²) in [4.78, 5) is 2.52. The monoisotopic (exact) mass is 354 g/mol. The Labute approximate surface area is 157 Å². The van der Waals surface area contributed by atoms with Gasteiger partial charge in [-0.1, -0.05) is 31.5 Å². The molecule has 3 rings (SSSR count). The first kappa shape index (κ1) is 18.8. The molecule has 1 aliphatic heterocycles. The molecule has 0 saturated heterocycles. The number of nitrogens with one attached hydrogen (secondary N) is 1. The van der Waals surface area contributed by atoms with Crippen LogP contribution in [0.15, 0.2) is 30.3 Å². The molecule has 1 N–H and O–H groups in total. The third-order valence-electron chi connectivity index (χ3n) is 5.44. The van der Waals surface area contributed by atoms with E-state index in [1.165, 1.54) is 28.8 Å². The Kier molecular flexibility index (Phi) is 5.85. The Morgan fingerprint density at radius 2 is 1.92 bits per heavy atom. The van der Waals surface area contributed by atoms with Gasteiger partial charge in [0.1, 0.15) is 5.82 Å². The van der Waals surface area contributed by atoms with Gasteiger partial charge < -0.3 is 10.2 Å². The second-order valence-corrected chi connectivity index (χ2v) is 7.66. The molecule has 2 aromatic carbocycles. The zero-order chi connectivity index (χ0) is 18.7. The number of aryl methyl sites for hydroxylation is 2. The quantitative estimate of drug-likeness (QED) is 0.699. The van der Waals surface area contributed by atoms with E-state index in [0.29, 0.717) is 6.04 Å². The Morgan fingerprint density at radius 1 is 1.15 bits per heavy atom. The molecule has 26 heavy (non-hydrogen) atoms. The summed E-state index contributed by atoms with van der Waals surface area (Å²) < 4.78 is 14.2. The van der Waals surface area contributed by atoms with E-state index in [0.717, 1.165) is 43.6 Å². The summed E-state index contributed by atoms with van der Waals surface area (Å²) in [6.45, 7) is 10.7. The molecular formula is C23H31FN2. The second-order valence-electron chi connectivity index (χ2n) is 7.66. The first-order valence-corrected chi connectivity index (χ1v) is 9.91. The van der Waals surface area contributed by atoms with Gasteiger partial charge in [-0.25, -0.2) is 4.39 Å². The third kappa shape index (κ3) is 3.87. The molecule has 0 bridgehead atoms. The minimum atomic E-state index is -0.106. The number of anilines is 2. The lowest BCUT2D eigenvalue weighted by Gasteiger charge is -2.36. The minimum Gasteiger partial charge on any atom is -0.381 e. The van der Waals surface area contributed by atoms with E-state index in [9.17, 15) is 4.39 Å². The van der Waals surface area contributed by atoms with Gasteiger partial charge in [-0.05, 0) is 74.4 Å². The minimum absolute atomic E-state index is 0.106. The molecular weight excluding hydrogens is 323 g/mol. The van der Waals surface area contributed by atoms with Crippen molar-refractivity contribution in [3.63, 3.8) is 0 Å². The average Bonchev–Trinajstić information content (AvgIpc) is 2.63. The molecule has 1 heterocycles. The first-order chi connectivity index (χ1) is 12.5. The Morgan fingerprint density at radius 3 is 2.62 bits per heavy atom. The van der Waals surface area contributed by atoms with Crippen molar-refractivity contribution in [1.29, 1.82) is 0 Å². The van der Waals surface area contributed by atoms with E-state index < -0.39 is 0 Å². The van der Waals surface area contributed by atoms with E-state index in [4.69, 9.17) is 0 Å². The summed E-state index contributed by atoms with van der Waals surface area (Å²) in [5.41, 5.74) is 7.16. The van der Waals surface area contributed by atoms with Crippen molar-refractivity contribution in [3.05, 3.63) is 58.4 Å². The molecule has 0 saturated carbocycles. The van der Waals surface area contributed by atoms with Crippen LogP contribution in [0.5, 0.6) is 0 Å². The third-order valence-corrected chi connectivity index (χ3v) is 5.44. The molecule has 0 atom stereocenters. The van der Waals surface area contributed by atoms with Crippen LogP contribution in [0.3, 0.4) is 0 Å². The molecule has 3 heteroatoms. The maximum atomic E-state index is 14.2. The van der Waals surface area contributed by atoms with Crippen LogP contribution in [0.2, 0.25) is 0 Å². The summed E-state index contributed by atoms with van der Waals surface area (Å²) in [5, 5.41) is 3.40. The number of hydrogen-bond acceptors (Lipinski definition) is 2. The zero-order valence-electron chi connectivity index (χ0n) is 16.5. The number of nitrogens with zero attached hydrogens (tertiary/aromatic N) is 1. The highest BCUT2D eigenvalue weighted by molar-refractivity contribution is 5.64. The van der Waals surface area contributed by atoms with Gasteiger partial charge in [0.2, 0.25) is 0 Å². The summed E-state index contributed by atoms with van der Waals surface area (Å²) >= 11 is 0. The SMILES string of the molecule is CCCc1ccc(NCc2ccc3c(c2C)N(C(C)C)CCC3)cc1F. The van der Waals surface area contributed by atoms with E-state index >= 15 is 0 Å². The van der Waals surface area contributed by atoms with E-state index in [1.54, 1.807) is 6.07 Å². The van der Waals surface area contributed by atoms with Gasteiger partial charge in [-0.15, -0.1) is 0 Å².